The van der Waals surface area contributed by atoms with Crippen molar-refractivity contribution in [3.05, 3.63) is 35.9 Å². The number of rotatable bonds is 2. The fourth-order valence-electron chi connectivity index (χ4n) is 2.51. The molecule has 0 saturated carbocycles. The summed E-state index contributed by atoms with van der Waals surface area (Å²) in [5, 5.41) is 9.87. The summed E-state index contributed by atoms with van der Waals surface area (Å²) in [6.45, 7) is 5.31. The van der Waals surface area contributed by atoms with Gasteiger partial charge in [0.1, 0.15) is 6.61 Å². The minimum Gasteiger partial charge on any atom is -0.445 e. The van der Waals surface area contributed by atoms with Crippen molar-refractivity contribution < 1.29 is 14.6 Å². The fourth-order valence-corrected chi connectivity index (χ4v) is 2.51. The van der Waals surface area contributed by atoms with Crippen molar-refractivity contribution in [1.29, 1.82) is 0 Å². The first-order valence-corrected chi connectivity index (χ1v) is 6.71. The van der Waals surface area contributed by atoms with E-state index in [0.717, 1.165) is 5.56 Å². The molecule has 0 aliphatic carbocycles. The summed E-state index contributed by atoms with van der Waals surface area (Å²) in [7, 11) is 0. The van der Waals surface area contributed by atoms with E-state index < -0.39 is 0 Å². The van der Waals surface area contributed by atoms with Gasteiger partial charge in [-0.25, -0.2) is 4.79 Å². The summed E-state index contributed by atoms with van der Waals surface area (Å²) in [5.74, 6) is 0.182. The van der Waals surface area contributed by atoms with Gasteiger partial charge in [-0.15, -0.1) is 0 Å². The molecule has 1 heterocycles. The number of ether oxygens (including phenoxy) is 1. The number of hydrogen-bond donors (Lipinski definition) is 1. The molecule has 0 bridgehead atoms. The first kappa shape index (κ1) is 13.9. The number of nitrogens with zero attached hydrogens (tertiary/aromatic N) is 1. The molecule has 1 aliphatic heterocycles. The van der Waals surface area contributed by atoms with E-state index in [9.17, 15) is 9.90 Å². The molecule has 19 heavy (non-hydrogen) atoms. The molecule has 104 valence electrons. The molecule has 1 unspecified atom stereocenters. The minimum absolute atomic E-state index is 0.0908. The number of hydrogen-bond acceptors (Lipinski definition) is 3. The van der Waals surface area contributed by atoms with Gasteiger partial charge >= 0.3 is 6.09 Å². The van der Waals surface area contributed by atoms with Gasteiger partial charge in [0.05, 0.1) is 6.10 Å². The second-order valence-electron chi connectivity index (χ2n) is 5.39. The summed E-state index contributed by atoms with van der Waals surface area (Å²) in [4.78, 5) is 13.7. The molecule has 1 aromatic rings. The van der Waals surface area contributed by atoms with Gasteiger partial charge in [0, 0.05) is 24.9 Å². The van der Waals surface area contributed by atoms with E-state index in [2.05, 4.69) is 0 Å². The Bertz CT molecular complexity index is 409. The molecule has 0 radical (unpaired) electrons. The van der Waals surface area contributed by atoms with E-state index in [1.54, 1.807) is 4.90 Å². The second-order valence-corrected chi connectivity index (χ2v) is 5.39. The molecule has 1 aromatic carbocycles. The summed E-state index contributed by atoms with van der Waals surface area (Å²) in [6.07, 6.45) is -0.632. The Morgan fingerprint density at radius 1 is 1.26 bits per heavy atom. The Labute approximate surface area is 114 Å². The van der Waals surface area contributed by atoms with Crippen LogP contribution in [-0.2, 0) is 11.3 Å². The Hall–Kier alpha value is -1.55. The van der Waals surface area contributed by atoms with Gasteiger partial charge in [-0.2, -0.15) is 0 Å². The smallest absolute Gasteiger partial charge is 0.410 e. The fraction of sp³-hybridized carbons (Fsp3) is 0.533. The average Bonchev–Trinajstić information content (AvgIpc) is 2.42. The predicted molar refractivity (Wildman–Crippen MR) is 72.5 cm³/mol. The molecule has 2 rings (SSSR count). The lowest BCUT2D eigenvalue weighted by atomic mass is 9.89. The molecule has 1 saturated heterocycles. The zero-order valence-corrected chi connectivity index (χ0v) is 11.5. The first-order valence-electron chi connectivity index (χ1n) is 6.71. The number of benzene rings is 1. The Balaban J connectivity index is 1.87. The van der Waals surface area contributed by atoms with Gasteiger partial charge < -0.3 is 14.7 Å². The van der Waals surface area contributed by atoms with Gasteiger partial charge in [0.25, 0.3) is 0 Å². The zero-order chi connectivity index (χ0) is 13.8. The van der Waals surface area contributed by atoms with Crippen LogP contribution in [0.4, 0.5) is 4.79 Å². The van der Waals surface area contributed by atoms with Crippen LogP contribution in [0.25, 0.3) is 0 Å². The zero-order valence-electron chi connectivity index (χ0n) is 11.5. The van der Waals surface area contributed by atoms with Gasteiger partial charge in [0.2, 0.25) is 0 Å². The molecular weight excluding hydrogens is 242 g/mol. The highest BCUT2D eigenvalue weighted by atomic mass is 16.6. The van der Waals surface area contributed by atoms with Crippen LogP contribution in [0.1, 0.15) is 19.4 Å². The van der Waals surface area contributed by atoms with E-state index in [0.29, 0.717) is 19.7 Å². The van der Waals surface area contributed by atoms with E-state index in [1.165, 1.54) is 0 Å². The average molecular weight is 263 g/mol. The SMILES string of the molecule is C[C@@H]1CN(C(=O)OCc2ccccc2)C[C@H](C)C1O. The third-order valence-electron chi connectivity index (χ3n) is 3.65. The highest BCUT2D eigenvalue weighted by molar-refractivity contribution is 5.67. The van der Waals surface area contributed by atoms with Crippen molar-refractivity contribution in [2.24, 2.45) is 11.8 Å². The quantitative estimate of drug-likeness (QED) is 0.890. The molecule has 0 spiro atoms. The number of aliphatic hydroxyl groups is 1. The molecule has 1 amide bonds. The third kappa shape index (κ3) is 3.47. The van der Waals surface area contributed by atoms with E-state index in [-0.39, 0.29) is 24.0 Å². The maximum Gasteiger partial charge on any atom is 0.410 e. The van der Waals surface area contributed by atoms with Gasteiger partial charge in [-0.3, -0.25) is 0 Å². The van der Waals surface area contributed by atoms with E-state index >= 15 is 0 Å². The van der Waals surface area contributed by atoms with Crippen molar-refractivity contribution in [2.45, 2.75) is 26.6 Å². The van der Waals surface area contributed by atoms with Crippen molar-refractivity contribution in [2.75, 3.05) is 13.1 Å². The molecule has 4 nitrogen and oxygen atoms in total. The van der Waals surface area contributed by atoms with Crippen molar-refractivity contribution in [1.82, 2.24) is 4.90 Å². The normalized spacial score (nSPS) is 27.1. The number of likely N-dealkylation sites (tertiary alicyclic amines) is 1. The number of aliphatic hydroxyl groups excluding tert-OH is 1. The molecular formula is C15H21NO3. The lowest BCUT2D eigenvalue weighted by Crippen LogP contribution is -2.49. The van der Waals surface area contributed by atoms with Crippen LogP contribution in [0.3, 0.4) is 0 Å². The summed E-state index contributed by atoms with van der Waals surface area (Å²) >= 11 is 0. The van der Waals surface area contributed by atoms with Gasteiger partial charge in [-0.05, 0) is 5.56 Å². The first-order chi connectivity index (χ1) is 9.08. The molecule has 1 N–H and O–H groups in total. The van der Waals surface area contributed by atoms with Crippen molar-refractivity contribution in [3.8, 4) is 0 Å². The van der Waals surface area contributed by atoms with Crippen LogP contribution in [0.2, 0.25) is 0 Å². The number of carbonyl (C=O) groups excluding carboxylic acids is 1. The minimum atomic E-state index is -0.335. The van der Waals surface area contributed by atoms with Crippen LogP contribution in [0, 0.1) is 11.8 Å². The molecule has 1 fully saturated rings. The van der Waals surface area contributed by atoms with Crippen LogP contribution < -0.4 is 0 Å². The van der Waals surface area contributed by atoms with E-state index in [4.69, 9.17) is 4.74 Å². The van der Waals surface area contributed by atoms with Gasteiger partial charge in [0.15, 0.2) is 0 Å². The molecule has 3 atom stereocenters. The maximum absolute atomic E-state index is 12.0. The van der Waals surface area contributed by atoms with Crippen molar-refractivity contribution in [3.63, 3.8) is 0 Å². The Morgan fingerprint density at radius 2 is 1.84 bits per heavy atom. The number of piperidine rings is 1. The highest BCUT2D eigenvalue weighted by Crippen LogP contribution is 2.22. The highest BCUT2D eigenvalue weighted by Gasteiger charge is 2.33. The predicted octanol–water partition coefficient (Wildman–Crippen LogP) is 2.27. The summed E-state index contributed by atoms with van der Waals surface area (Å²) in [5.41, 5.74) is 0.981. The topological polar surface area (TPSA) is 49.8 Å². The number of amides is 1. The number of carbonyl (C=O) groups is 1. The Morgan fingerprint density at radius 3 is 2.42 bits per heavy atom. The third-order valence-corrected chi connectivity index (χ3v) is 3.65. The van der Waals surface area contributed by atoms with Crippen molar-refractivity contribution >= 4 is 6.09 Å². The largest absolute Gasteiger partial charge is 0.445 e. The van der Waals surface area contributed by atoms with Crippen LogP contribution >= 0.6 is 0 Å². The van der Waals surface area contributed by atoms with Crippen LogP contribution in [0.5, 0.6) is 0 Å². The molecule has 1 aliphatic rings. The van der Waals surface area contributed by atoms with Crippen LogP contribution in [0.15, 0.2) is 30.3 Å². The Kier molecular flexibility index (Phi) is 4.43. The lowest BCUT2D eigenvalue weighted by Gasteiger charge is -2.38. The molecule has 0 aromatic heterocycles. The summed E-state index contributed by atoms with van der Waals surface area (Å²) in [6, 6.07) is 9.63. The summed E-state index contributed by atoms with van der Waals surface area (Å²) < 4.78 is 5.30. The maximum atomic E-state index is 12.0. The standard InChI is InChI=1S/C15H21NO3/c1-11-8-16(9-12(2)14(11)17)15(18)19-10-13-6-4-3-5-7-13/h3-7,11-12,14,17H,8-10H2,1-2H3/t11-,12+,14?. The van der Waals surface area contributed by atoms with Crippen LogP contribution in [-0.4, -0.2) is 35.3 Å². The molecule has 4 heteroatoms. The van der Waals surface area contributed by atoms with Gasteiger partial charge in [-0.1, -0.05) is 44.2 Å². The second kappa shape index (κ2) is 6.06. The lowest BCUT2D eigenvalue weighted by molar-refractivity contribution is -0.00987. The van der Waals surface area contributed by atoms with E-state index in [1.807, 2.05) is 44.2 Å². The monoisotopic (exact) mass is 263 g/mol.